The van der Waals surface area contributed by atoms with E-state index in [9.17, 15) is 0 Å². The second kappa shape index (κ2) is 11.1. The maximum atomic E-state index is 2.43. The van der Waals surface area contributed by atoms with Crippen LogP contribution in [0.3, 0.4) is 0 Å². The highest BCUT2D eigenvalue weighted by molar-refractivity contribution is 6.25. The minimum Gasteiger partial charge on any atom is -0.309 e. The van der Waals surface area contributed by atoms with Gasteiger partial charge in [0.1, 0.15) is 0 Å². The molecule has 0 aliphatic carbocycles. The molecule has 10 aromatic rings. The highest BCUT2D eigenvalue weighted by Crippen LogP contribution is 2.43. The number of rotatable bonds is 4. The summed E-state index contributed by atoms with van der Waals surface area (Å²) in [5, 5.41) is 10.3. The van der Waals surface area contributed by atoms with Crippen molar-refractivity contribution >= 4 is 54.1 Å². The average Bonchev–Trinajstić information content (AvgIpc) is 3.52. The number of para-hydroxylation sites is 3. The number of fused-ring (bicyclic) bond motifs is 9. The van der Waals surface area contributed by atoms with Crippen LogP contribution < -0.4 is 0 Å². The quantitative estimate of drug-likeness (QED) is 0.172. The van der Waals surface area contributed by atoms with Crippen LogP contribution in [0.2, 0.25) is 0 Å². The van der Waals surface area contributed by atoms with Gasteiger partial charge in [-0.05, 0) is 84.4 Å². The third kappa shape index (κ3) is 4.26. The van der Waals surface area contributed by atoms with Crippen molar-refractivity contribution in [1.82, 2.24) is 4.57 Å². The van der Waals surface area contributed by atoms with E-state index in [4.69, 9.17) is 0 Å². The fraction of sp³-hybridized carbons (Fsp3) is 0. The van der Waals surface area contributed by atoms with Crippen molar-refractivity contribution in [2.75, 3.05) is 0 Å². The smallest absolute Gasteiger partial charge is 0.0541 e. The first-order valence-electron chi connectivity index (χ1n) is 17.0. The first kappa shape index (κ1) is 27.7. The lowest BCUT2D eigenvalue weighted by molar-refractivity contribution is 1.18. The second-order valence-electron chi connectivity index (χ2n) is 12.8. The highest BCUT2D eigenvalue weighted by Gasteiger charge is 2.19. The second-order valence-corrected chi connectivity index (χ2v) is 12.8. The molecule has 49 heavy (non-hydrogen) atoms. The molecule has 1 heterocycles. The third-order valence-corrected chi connectivity index (χ3v) is 10.2. The Morgan fingerprint density at radius 1 is 0.245 bits per heavy atom. The SMILES string of the molecule is c1ccc(-c2ccccc2-c2ccccc2-n2c3ccccc3c3ccccc32)c(-c2ccc3c4ccccc4c4ccccc4c3c2)c1. The summed E-state index contributed by atoms with van der Waals surface area (Å²) in [5.41, 5.74) is 10.9. The minimum absolute atomic E-state index is 1.17. The van der Waals surface area contributed by atoms with Crippen molar-refractivity contribution in [3.8, 4) is 39.1 Å². The predicted octanol–water partition coefficient (Wildman–Crippen LogP) is 13.2. The molecule has 0 saturated heterocycles. The van der Waals surface area contributed by atoms with Crippen LogP contribution in [0.4, 0.5) is 0 Å². The molecule has 1 nitrogen and oxygen atoms in total. The van der Waals surface area contributed by atoms with Gasteiger partial charge in [0.25, 0.3) is 0 Å². The van der Waals surface area contributed by atoms with Crippen molar-refractivity contribution in [2.45, 2.75) is 0 Å². The van der Waals surface area contributed by atoms with E-state index in [0.717, 1.165) is 0 Å². The Morgan fingerprint density at radius 2 is 0.612 bits per heavy atom. The van der Waals surface area contributed by atoms with Crippen LogP contribution in [-0.4, -0.2) is 4.57 Å². The number of hydrogen-bond donors (Lipinski definition) is 0. The summed E-state index contributed by atoms with van der Waals surface area (Å²) < 4.78 is 2.43. The summed E-state index contributed by atoms with van der Waals surface area (Å²) in [5.74, 6) is 0. The highest BCUT2D eigenvalue weighted by atomic mass is 15.0. The van der Waals surface area contributed by atoms with Gasteiger partial charge in [-0.2, -0.15) is 0 Å². The molecule has 0 bridgehead atoms. The number of benzene rings is 9. The van der Waals surface area contributed by atoms with Crippen LogP contribution in [0, 0.1) is 0 Å². The van der Waals surface area contributed by atoms with E-state index >= 15 is 0 Å². The molecular weight excluding hydrogens is 591 g/mol. The Kier molecular flexibility index (Phi) is 6.25. The van der Waals surface area contributed by atoms with E-state index in [1.165, 1.54) is 93.2 Å². The molecule has 0 fully saturated rings. The summed E-state index contributed by atoms with van der Waals surface area (Å²) in [6.07, 6.45) is 0. The van der Waals surface area contributed by atoms with Gasteiger partial charge < -0.3 is 4.57 Å². The van der Waals surface area contributed by atoms with E-state index in [-0.39, 0.29) is 0 Å². The molecule has 228 valence electrons. The van der Waals surface area contributed by atoms with Crippen LogP contribution in [0.15, 0.2) is 188 Å². The lowest BCUT2D eigenvalue weighted by atomic mass is 9.87. The monoisotopic (exact) mass is 621 g/mol. The molecule has 0 saturated carbocycles. The number of nitrogens with zero attached hydrogens (tertiary/aromatic N) is 1. The van der Waals surface area contributed by atoms with Crippen molar-refractivity contribution in [3.63, 3.8) is 0 Å². The van der Waals surface area contributed by atoms with E-state index in [2.05, 4.69) is 193 Å². The van der Waals surface area contributed by atoms with Crippen LogP contribution in [0.1, 0.15) is 0 Å². The first-order chi connectivity index (χ1) is 24.3. The van der Waals surface area contributed by atoms with Crippen molar-refractivity contribution < 1.29 is 0 Å². The summed E-state index contributed by atoms with van der Waals surface area (Å²) in [7, 11) is 0. The van der Waals surface area contributed by atoms with Gasteiger partial charge in [-0.1, -0.05) is 164 Å². The Labute approximate surface area is 284 Å². The van der Waals surface area contributed by atoms with E-state index in [1.807, 2.05) is 0 Å². The Balaban J connectivity index is 1.20. The Hall–Kier alpha value is -6.44. The van der Waals surface area contributed by atoms with Crippen molar-refractivity contribution in [3.05, 3.63) is 188 Å². The lowest BCUT2D eigenvalue weighted by Gasteiger charge is -2.19. The van der Waals surface area contributed by atoms with Crippen LogP contribution in [0.25, 0.3) is 93.2 Å². The number of aromatic nitrogens is 1. The van der Waals surface area contributed by atoms with Gasteiger partial charge in [0.15, 0.2) is 0 Å². The molecule has 0 aliphatic heterocycles. The molecule has 10 rings (SSSR count). The van der Waals surface area contributed by atoms with Gasteiger partial charge in [-0.3, -0.25) is 0 Å². The summed E-state index contributed by atoms with van der Waals surface area (Å²) in [6, 6.07) is 68.7. The fourth-order valence-corrected chi connectivity index (χ4v) is 8.08. The zero-order valence-corrected chi connectivity index (χ0v) is 26.8. The van der Waals surface area contributed by atoms with Gasteiger partial charge in [-0.15, -0.1) is 0 Å². The normalized spacial score (nSPS) is 11.7. The minimum atomic E-state index is 1.17. The lowest BCUT2D eigenvalue weighted by Crippen LogP contribution is -1.98. The summed E-state index contributed by atoms with van der Waals surface area (Å²) >= 11 is 0. The molecule has 0 unspecified atom stereocenters. The summed E-state index contributed by atoms with van der Waals surface area (Å²) in [6.45, 7) is 0. The zero-order valence-electron chi connectivity index (χ0n) is 26.8. The molecule has 0 amide bonds. The van der Waals surface area contributed by atoms with Crippen molar-refractivity contribution in [1.29, 1.82) is 0 Å². The molecular formula is C48H31N. The van der Waals surface area contributed by atoms with Gasteiger partial charge >= 0.3 is 0 Å². The summed E-state index contributed by atoms with van der Waals surface area (Å²) in [4.78, 5) is 0. The first-order valence-corrected chi connectivity index (χ1v) is 17.0. The van der Waals surface area contributed by atoms with Gasteiger partial charge in [0, 0.05) is 16.3 Å². The fourth-order valence-electron chi connectivity index (χ4n) is 8.08. The average molecular weight is 622 g/mol. The van der Waals surface area contributed by atoms with Crippen LogP contribution in [0.5, 0.6) is 0 Å². The molecule has 0 aliphatic rings. The molecule has 1 aromatic heterocycles. The standard InChI is InChI=1S/C48H31N/c1-2-16-34(33(15-1)32-29-30-41-38-20-4-3-18-36(38)37-19-6-8-22-40(37)45(41)31-32)35-17-5-7-21-39(35)42-23-9-12-26-46(42)49-47-27-13-10-24-43(47)44-25-11-14-28-48(44)49/h1-31H. The molecule has 1 heteroatoms. The van der Waals surface area contributed by atoms with E-state index in [1.54, 1.807) is 0 Å². The van der Waals surface area contributed by atoms with Crippen LogP contribution >= 0.6 is 0 Å². The van der Waals surface area contributed by atoms with E-state index in [0.29, 0.717) is 0 Å². The third-order valence-electron chi connectivity index (χ3n) is 10.2. The van der Waals surface area contributed by atoms with E-state index < -0.39 is 0 Å². The topological polar surface area (TPSA) is 4.93 Å². The molecule has 9 aromatic carbocycles. The Bertz CT molecular complexity index is 2800. The largest absolute Gasteiger partial charge is 0.309 e. The maximum absolute atomic E-state index is 2.43. The molecule has 0 N–H and O–H groups in total. The zero-order chi connectivity index (χ0) is 32.3. The molecule has 0 radical (unpaired) electrons. The molecule has 0 atom stereocenters. The van der Waals surface area contributed by atoms with Crippen LogP contribution in [-0.2, 0) is 0 Å². The number of hydrogen-bond acceptors (Lipinski definition) is 0. The van der Waals surface area contributed by atoms with Gasteiger partial charge in [0.2, 0.25) is 0 Å². The predicted molar refractivity (Wildman–Crippen MR) is 210 cm³/mol. The van der Waals surface area contributed by atoms with Gasteiger partial charge in [-0.25, -0.2) is 0 Å². The Morgan fingerprint density at radius 3 is 1.18 bits per heavy atom. The molecule has 0 spiro atoms. The van der Waals surface area contributed by atoms with Gasteiger partial charge in [0.05, 0.1) is 16.7 Å². The maximum Gasteiger partial charge on any atom is 0.0541 e. The van der Waals surface area contributed by atoms with Crippen molar-refractivity contribution in [2.24, 2.45) is 0 Å².